The number of hydrogen-bond acceptors (Lipinski definition) is 7. The summed E-state index contributed by atoms with van der Waals surface area (Å²) in [6.45, 7) is 7.15. The Morgan fingerprint density at radius 1 is 1.42 bits per heavy atom. The molecule has 24 heavy (non-hydrogen) atoms. The van der Waals surface area contributed by atoms with Crippen LogP contribution in [0.4, 0.5) is 0 Å². The molecule has 0 saturated carbocycles. The van der Waals surface area contributed by atoms with Crippen LogP contribution < -0.4 is 5.32 Å². The fraction of sp³-hybridized carbons (Fsp3) is 0.562. The SMILES string of the molecule is CCc1cc2c(SCC(=O)NCCN3CCOCC3)ncnc2s1. The Kier molecular flexibility index (Phi) is 6.42. The second-order valence-corrected chi connectivity index (χ2v) is 7.64. The van der Waals surface area contributed by atoms with E-state index < -0.39 is 0 Å². The molecule has 0 aliphatic carbocycles. The quantitative estimate of drug-likeness (QED) is 0.595. The van der Waals surface area contributed by atoms with E-state index in [9.17, 15) is 4.79 Å². The monoisotopic (exact) mass is 366 g/mol. The lowest BCUT2D eigenvalue weighted by atomic mass is 10.3. The summed E-state index contributed by atoms with van der Waals surface area (Å²) in [5.74, 6) is 0.429. The molecule has 1 fully saturated rings. The second-order valence-electron chi connectivity index (χ2n) is 5.56. The van der Waals surface area contributed by atoms with E-state index in [1.165, 1.54) is 16.6 Å². The van der Waals surface area contributed by atoms with Gasteiger partial charge in [0.2, 0.25) is 5.91 Å². The van der Waals surface area contributed by atoms with Gasteiger partial charge in [-0.05, 0) is 12.5 Å². The lowest BCUT2D eigenvalue weighted by Gasteiger charge is -2.26. The maximum atomic E-state index is 12.0. The zero-order valence-corrected chi connectivity index (χ0v) is 15.4. The van der Waals surface area contributed by atoms with Crippen LogP contribution in [-0.4, -0.2) is 65.9 Å². The Morgan fingerprint density at radius 3 is 3.04 bits per heavy atom. The number of carbonyl (C=O) groups is 1. The molecule has 0 spiro atoms. The standard InChI is InChI=1S/C16H22N4O2S2/c1-2-12-9-13-15(18-11-19-16(13)24-12)23-10-14(21)17-3-4-20-5-7-22-8-6-20/h9,11H,2-8,10H2,1H3,(H,17,21). The molecule has 1 aliphatic rings. The van der Waals surface area contributed by atoms with Crippen molar-refractivity contribution in [3.8, 4) is 0 Å². The van der Waals surface area contributed by atoms with E-state index >= 15 is 0 Å². The average molecular weight is 367 g/mol. The number of carbonyl (C=O) groups excluding carboxylic acids is 1. The van der Waals surface area contributed by atoms with E-state index in [0.29, 0.717) is 12.3 Å². The maximum absolute atomic E-state index is 12.0. The third-order valence-corrected chi connectivity index (χ3v) is 6.08. The van der Waals surface area contributed by atoms with Crippen LogP contribution in [0.1, 0.15) is 11.8 Å². The number of thiophene rings is 1. The number of fused-ring (bicyclic) bond motifs is 1. The Labute approximate surface area is 150 Å². The highest BCUT2D eigenvalue weighted by molar-refractivity contribution is 8.00. The molecule has 0 unspecified atom stereocenters. The molecule has 1 amide bonds. The molecule has 0 bridgehead atoms. The van der Waals surface area contributed by atoms with E-state index in [2.05, 4.69) is 33.2 Å². The Bertz CT molecular complexity index is 686. The van der Waals surface area contributed by atoms with Crippen LogP contribution in [-0.2, 0) is 16.0 Å². The number of ether oxygens (including phenoxy) is 1. The summed E-state index contributed by atoms with van der Waals surface area (Å²) in [6.07, 6.45) is 2.57. The first-order valence-electron chi connectivity index (χ1n) is 8.19. The zero-order chi connectivity index (χ0) is 16.8. The van der Waals surface area contributed by atoms with Crippen LogP contribution in [0.5, 0.6) is 0 Å². The van der Waals surface area contributed by atoms with Crippen LogP contribution in [0.25, 0.3) is 10.2 Å². The van der Waals surface area contributed by atoms with Crippen molar-refractivity contribution in [2.45, 2.75) is 18.4 Å². The number of rotatable bonds is 7. The number of hydrogen-bond donors (Lipinski definition) is 1. The smallest absolute Gasteiger partial charge is 0.230 e. The fourth-order valence-corrected chi connectivity index (χ4v) is 4.34. The van der Waals surface area contributed by atoms with Gasteiger partial charge < -0.3 is 10.1 Å². The minimum Gasteiger partial charge on any atom is -0.379 e. The predicted octanol–water partition coefficient (Wildman–Crippen LogP) is 1.79. The van der Waals surface area contributed by atoms with Gasteiger partial charge in [0.05, 0.1) is 19.0 Å². The topological polar surface area (TPSA) is 67.4 Å². The van der Waals surface area contributed by atoms with Gasteiger partial charge in [0, 0.05) is 36.4 Å². The van der Waals surface area contributed by atoms with Crippen LogP contribution in [0.2, 0.25) is 0 Å². The van der Waals surface area contributed by atoms with E-state index in [1.54, 1.807) is 17.7 Å². The molecule has 1 saturated heterocycles. The van der Waals surface area contributed by atoms with Crippen LogP contribution in [0, 0.1) is 0 Å². The van der Waals surface area contributed by atoms with E-state index in [0.717, 1.165) is 54.5 Å². The molecule has 8 heteroatoms. The molecule has 130 valence electrons. The number of thioether (sulfide) groups is 1. The number of amides is 1. The summed E-state index contributed by atoms with van der Waals surface area (Å²) in [4.78, 5) is 25.3. The summed E-state index contributed by atoms with van der Waals surface area (Å²) in [6, 6.07) is 2.14. The summed E-state index contributed by atoms with van der Waals surface area (Å²) < 4.78 is 5.32. The molecule has 2 aromatic rings. The largest absolute Gasteiger partial charge is 0.379 e. The second kappa shape index (κ2) is 8.75. The van der Waals surface area contributed by atoms with Crippen molar-refractivity contribution >= 4 is 39.2 Å². The molecular formula is C16H22N4O2S2. The lowest BCUT2D eigenvalue weighted by molar-refractivity contribution is -0.118. The van der Waals surface area contributed by atoms with Gasteiger partial charge in [-0.2, -0.15) is 0 Å². The van der Waals surface area contributed by atoms with Gasteiger partial charge in [0.1, 0.15) is 16.2 Å². The minimum atomic E-state index is 0.0472. The van der Waals surface area contributed by atoms with Crippen molar-refractivity contribution in [2.75, 3.05) is 45.1 Å². The maximum Gasteiger partial charge on any atom is 0.230 e. The summed E-state index contributed by atoms with van der Waals surface area (Å²) >= 11 is 3.17. The number of aryl methyl sites for hydroxylation is 1. The first-order chi connectivity index (χ1) is 11.8. The fourth-order valence-electron chi connectivity index (χ4n) is 2.54. The van der Waals surface area contributed by atoms with Gasteiger partial charge in [0.25, 0.3) is 0 Å². The van der Waals surface area contributed by atoms with E-state index in [4.69, 9.17) is 4.74 Å². The number of morpholine rings is 1. The van der Waals surface area contributed by atoms with E-state index in [-0.39, 0.29) is 5.91 Å². The van der Waals surface area contributed by atoms with Crippen molar-refractivity contribution in [3.05, 3.63) is 17.3 Å². The molecular weight excluding hydrogens is 344 g/mol. The van der Waals surface area contributed by atoms with Crippen LogP contribution in [0.15, 0.2) is 17.4 Å². The van der Waals surface area contributed by atoms with Crippen molar-refractivity contribution in [1.29, 1.82) is 0 Å². The molecule has 2 aromatic heterocycles. The first-order valence-corrected chi connectivity index (χ1v) is 9.99. The van der Waals surface area contributed by atoms with E-state index in [1.807, 2.05) is 0 Å². The molecule has 1 N–H and O–H groups in total. The summed E-state index contributed by atoms with van der Waals surface area (Å²) in [5, 5.41) is 4.93. The number of nitrogens with zero attached hydrogens (tertiary/aromatic N) is 3. The van der Waals surface area contributed by atoms with Crippen molar-refractivity contribution in [3.63, 3.8) is 0 Å². The normalized spacial score (nSPS) is 15.7. The van der Waals surface area contributed by atoms with Gasteiger partial charge in [-0.1, -0.05) is 18.7 Å². The number of nitrogens with one attached hydrogen (secondary N) is 1. The summed E-state index contributed by atoms with van der Waals surface area (Å²) in [5.41, 5.74) is 0. The van der Waals surface area contributed by atoms with Gasteiger partial charge in [-0.25, -0.2) is 9.97 Å². The third kappa shape index (κ3) is 4.66. The molecule has 0 aromatic carbocycles. The predicted molar refractivity (Wildman–Crippen MR) is 97.8 cm³/mol. The Hall–Kier alpha value is -1.22. The average Bonchev–Trinajstić information content (AvgIpc) is 3.05. The number of aromatic nitrogens is 2. The minimum absolute atomic E-state index is 0.0472. The van der Waals surface area contributed by atoms with Gasteiger partial charge in [-0.15, -0.1) is 11.3 Å². The highest BCUT2D eigenvalue weighted by atomic mass is 32.2. The van der Waals surface area contributed by atoms with Gasteiger partial charge in [-0.3, -0.25) is 9.69 Å². The zero-order valence-electron chi connectivity index (χ0n) is 13.8. The molecule has 6 nitrogen and oxygen atoms in total. The molecule has 0 radical (unpaired) electrons. The van der Waals surface area contributed by atoms with Gasteiger partial charge >= 0.3 is 0 Å². The molecule has 3 heterocycles. The van der Waals surface area contributed by atoms with Crippen molar-refractivity contribution < 1.29 is 9.53 Å². The van der Waals surface area contributed by atoms with Crippen LogP contribution in [0.3, 0.4) is 0 Å². The molecule has 1 aliphatic heterocycles. The highest BCUT2D eigenvalue weighted by Crippen LogP contribution is 2.30. The summed E-state index contributed by atoms with van der Waals surface area (Å²) in [7, 11) is 0. The van der Waals surface area contributed by atoms with Crippen molar-refractivity contribution in [2.24, 2.45) is 0 Å². The van der Waals surface area contributed by atoms with Crippen molar-refractivity contribution in [1.82, 2.24) is 20.2 Å². The molecule has 3 rings (SSSR count). The Morgan fingerprint density at radius 2 is 2.25 bits per heavy atom. The highest BCUT2D eigenvalue weighted by Gasteiger charge is 2.12. The first kappa shape index (κ1) is 17.6. The van der Waals surface area contributed by atoms with Gasteiger partial charge in [0.15, 0.2) is 0 Å². The molecule has 0 atom stereocenters. The Balaban J connectivity index is 1.46. The third-order valence-electron chi connectivity index (χ3n) is 3.89. The lowest BCUT2D eigenvalue weighted by Crippen LogP contribution is -2.41. The van der Waals surface area contributed by atoms with Crippen LogP contribution >= 0.6 is 23.1 Å².